The summed E-state index contributed by atoms with van der Waals surface area (Å²) >= 11 is 0. The van der Waals surface area contributed by atoms with Gasteiger partial charge in [0.05, 0.1) is 13.2 Å². The van der Waals surface area contributed by atoms with E-state index < -0.39 is 70.5 Å². The largest absolute Gasteiger partial charge is 0.454 e. The second-order valence-electron chi connectivity index (χ2n) is 5.86. The molecule has 24 heavy (non-hydrogen) atoms. The van der Waals surface area contributed by atoms with Gasteiger partial charge in [0.15, 0.2) is 12.7 Å². The topological polar surface area (TPSA) is 146 Å². The standard InChI is InChI=1S/C13H16O10S/c1-2-8(16)20-4-9(17)21-10-11-13(6-15)7(24(18,19)22-11)3-12(10,5-14)23-13/h2,7,10-11,14-15H,1,3-6H2. The Hall–Kier alpha value is -1.53. The number of hydrogen-bond acceptors (Lipinski definition) is 10. The van der Waals surface area contributed by atoms with Gasteiger partial charge in [-0.25, -0.2) is 9.59 Å². The molecule has 0 saturated carbocycles. The van der Waals surface area contributed by atoms with Gasteiger partial charge >= 0.3 is 11.9 Å². The zero-order valence-corrected chi connectivity index (χ0v) is 13.2. The van der Waals surface area contributed by atoms with Crippen LogP contribution in [0.1, 0.15) is 6.42 Å². The molecule has 11 heteroatoms. The minimum Gasteiger partial charge on any atom is -0.454 e. The van der Waals surface area contributed by atoms with E-state index in [1.54, 1.807) is 0 Å². The molecule has 2 N–H and O–H groups in total. The summed E-state index contributed by atoms with van der Waals surface area (Å²) in [6.45, 7) is 1.13. The van der Waals surface area contributed by atoms with Crippen LogP contribution < -0.4 is 0 Å². The Bertz CT molecular complexity index is 687. The summed E-state index contributed by atoms with van der Waals surface area (Å²) in [5, 5.41) is 18.2. The summed E-state index contributed by atoms with van der Waals surface area (Å²) in [5.41, 5.74) is -3.09. The second kappa shape index (κ2) is 5.49. The highest BCUT2D eigenvalue weighted by molar-refractivity contribution is 7.87. The summed E-state index contributed by atoms with van der Waals surface area (Å²) in [4.78, 5) is 22.8. The van der Waals surface area contributed by atoms with E-state index in [-0.39, 0.29) is 6.42 Å². The van der Waals surface area contributed by atoms with Crippen molar-refractivity contribution in [2.24, 2.45) is 0 Å². The number of fused-ring (bicyclic) bond motifs is 1. The van der Waals surface area contributed by atoms with Crippen molar-refractivity contribution in [1.29, 1.82) is 0 Å². The molecule has 3 saturated heterocycles. The molecule has 3 aliphatic heterocycles. The molecule has 0 spiro atoms. The molecule has 3 aliphatic rings. The molecule has 0 aliphatic carbocycles. The van der Waals surface area contributed by atoms with Crippen LogP contribution in [-0.4, -0.2) is 79.1 Å². The summed E-state index contributed by atoms with van der Waals surface area (Å²) < 4.78 is 44.4. The number of esters is 2. The molecule has 134 valence electrons. The number of aliphatic hydroxyl groups excluding tert-OH is 2. The minimum atomic E-state index is -4.03. The van der Waals surface area contributed by atoms with Crippen molar-refractivity contribution in [3.8, 4) is 0 Å². The Morgan fingerprint density at radius 3 is 2.62 bits per heavy atom. The summed E-state index contributed by atoms with van der Waals surface area (Å²) in [6, 6.07) is 0. The third-order valence-electron chi connectivity index (χ3n) is 4.60. The van der Waals surface area contributed by atoms with Crippen molar-refractivity contribution in [3.63, 3.8) is 0 Å². The molecule has 0 aromatic rings. The lowest BCUT2D eigenvalue weighted by Crippen LogP contribution is -2.56. The SMILES string of the molecule is C=CC(=O)OCC(=O)OC1C2OS(=O)(=O)C3CC1(CO)OC23CO. The maximum absolute atomic E-state index is 12.1. The van der Waals surface area contributed by atoms with Gasteiger partial charge in [0.2, 0.25) is 0 Å². The van der Waals surface area contributed by atoms with Gasteiger partial charge in [0.1, 0.15) is 22.6 Å². The summed E-state index contributed by atoms with van der Waals surface area (Å²) in [7, 11) is -4.03. The molecular formula is C13H16O10S. The van der Waals surface area contributed by atoms with Gasteiger partial charge in [0.25, 0.3) is 10.1 Å². The lowest BCUT2D eigenvalue weighted by molar-refractivity contribution is -0.172. The molecule has 0 aromatic heterocycles. The molecular weight excluding hydrogens is 348 g/mol. The van der Waals surface area contributed by atoms with E-state index in [1.165, 1.54) is 0 Å². The van der Waals surface area contributed by atoms with E-state index in [2.05, 4.69) is 11.3 Å². The zero-order chi connectivity index (χ0) is 17.8. The van der Waals surface area contributed by atoms with Crippen LogP contribution >= 0.6 is 0 Å². The molecule has 3 heterocycles. The van der Waals surface area contributed by atoms with Crippen LogP contribution in [0.15, 0.2) is 12.7 Å². The molecule has 2 bridgehead atoms. The number of rotatable bonds is 6. The van der Waals surface area contributed by atoms with Crippen molar-refractivity contribution < 1.29 is 46.6 Å². The van der Waals surface area contributed by atoms with Gasteiger partial charge in [-0.05, 0) is 0 Å². The fraction of sp³-hybridized carbons (Fsp3) is 0.692. The Kier molecular flexibility index (Phi) is 3.96. The Labute approximate surface area is 137 Å². The minimum absolute atomic E-state index is 0.187. The van der Waals surface area contributed by atoms with E-state index in [1.807, 2.05) is 0 Å². The fourth-order valence-corrected chi connectivity index (χ4v) is 5.47. The van der Waals surface area contributed by atoms with Crippen LogP contribution in [0.3, 0.4) is 0 Å². The predicted octanol–water partition coefficient (Wildman–Crippen LogP) is -2.38. The highest BCUT2D eigenvalue weighted by atomic mass is 32.2. The first kappa shape index (κ1) is 17.3. The number of carbonyl (C=O) groups is 2. The highest BCUT2D eigenvalue weighted by Gasteiger charge is 2.81. The summed E-state index contributed by atoms with van der Waals surface area (Å²) in [5.74, 6) is -1.81. The van der Waals surface area contributed by atoms with E-state index in [4.69, 9.17) is 13.7 Å². The van der Waals surface area contributed by atoms with Crippen molar-refractivity contribution in [2.75, 3.05) is 19.8 Å². The first-order chi connectivity index (χ1) is 11.2. The zero-order valence-electron chi connectivity index (χ0n) is 12.4. The molecule has 10 nitrogen and oxygen atoms in total. The molecule has 0 radical (unpaired) electrons. The van der Waals surface area contributed by atoms with Crippen molar-refractivity contribution >= 4 is 22.1 Å². The van der Waals surface area contributed by atoms with Gasteiger partial charge in [-0.15, -0.1) is 0 Å². The fourth-order valence-electron chi connectivity index (χ4n) is 3.55. The maximum atomic E-state index is 12.1. The van der Waals surface area contributed by atoms with Gasteiger partial charge in [-0.2, -0.15) is 8.42 Å². The van der Waals surface area contributed by atoms with Gasteiger partial charge in [-0.3, -0.25) is 4.18 Å². The third-order valence-corrected chi connectivity index (χ3v) is 6.34. The van der Waals surface area contributed by atoms with E-state index in [9.17, 15) is 28.2 Å². The van der Waals surface area contributed by atoms with Crippen LogP contribution in [0.25, 0.3) is 0 Å². The molecule has 5 atom stereocenters. The first-order valence-electron chi connectivity index (χ1n) is 7.07. The average molecular weight is 364 g/mol. The maximum Gasteiger partial charge on any atom is 0.344 e. The van der Waals surface area contributed by atoms with Crippen LogP contribution in [0.5, 0.6) is 0 Å². The molecule has 3 rings (SSSR count). The van der Waals surface area contributed by atoms with Crippen molar-refractivity contribution in [3.05, 3.63) is 12.7 Å². The normalized spacial score (nSPS) is 41.2. The molecule has 0 aromatic carbocycles. The predicted molar refractivity (Wildman–Crippen MR) is 74.0 cm³/mol. The Morgan fingerprint density at radius 1 is 1.33 bits per heavy atom. The van der Waals surface area contributed by atoms with E-state index in [0.29, 0.717) is 0 Å². The number of hydrogen-bond donors (Lipinski definition) is 2. The second-order valence-corrected chi connectivity index (χ2v) is 7.61. The first-order valence-corrected chi connectivity index (χ1v) is 8.54. The van der Waals surface area contributed by atoms with Crippen molar-refractivity contribution in [2.45, 2.75) is 35.1 Å². The van der Waals surface area contributed by atoms with Crippen LogP contribution in [0, 0.1) is 0 Å². The smallest absolute Gasteiger partial charge is 0.344 e. The Morgan fingerprint density at radius 2 is 2.04 bits per heavy atom. The lowest BCUT2D eigenvalue weighted by Gasteiger charge is -2.32. The van der Waals surface area contributed by atoms with Gasteiger partial charge in [-0.1, -0.05) is 6.58 Å². The van der Waals surface area contributed by atoms with Gasteiger partial charge in [0, 0.05) is 12.5 Å². The Balaban J connectivity index is 1.83. The lowest BCUT2D eigenvalue weighted by atomic mass is 9.78. The number of aliphatic hydroxyl groups is 2. The van der Waals surface area contributed by atoms with E-state index >= 15 is 0 Å². The molecule has 5 unspecified atom stereocenters. The van der Waals surface area contributed by atoms with Crippen molar-refractivity contribution in [1.82, 2.24) is 0 Å². The molecule has 0 amide bonds. The third kappa shape index (κ3) is 2.19. The number of ether oxygens (including phenoxy) is 3. The van der Waals surface area contributed by atoms with Crippen LogP contribution in [0.4, 0.5) is 0 Å². The van der Waals surface area contributed by atoms with Crippen LogP contribution in [-0.2, 0) is 38.1 Å². The quantitative estimate of drug-likeness (QED) is 0.298. The highest BCUT2D eigenvalue weighted by Crippen LogP contribution is 2.59. The van der Waals surface area contributed by atoms with Gasteiger partial charge < -0.3 is 24.4 Å². The summed E-state index contributed by atoms with van der Waals surface area (Å²) in [6.07, 6.45) is -1.87. The monoisotopic (exact) mass is 364 g/mol. The van der Waals surface area contributed by atoms with E-state index in [0.717, 1.165) is 6.08 Å². The molecule has 3 fully saturated rings. The average Bonchev–Trinajstić information content (AvgIpc) is 3.08. The number of carbonyl (C=O) groups excluding carboxylic acids is 2. The van der Waals surface area contributed by atoms with Crippen LogP contribution in [0.2, 0.25) is 0 Å².